The SMILES string of the molecule is COCCn1nc(-c2ccccn2)cc(CC(=O)O)c1=O. The Balaban J connectivity index is 2.50. The first-order valence-electron chi connectivity index (χ1n) is 6.35. The zero-order valence-electron chi connectivity index (χ0n) is 11.5. The van der Waals surface area contributed by atoms with Crippen molar-refractivity contribution in [2.45, 2.75) is 13.0 Å². The number of hydrogen-bond acceptors (Lipinski definition) is 5. The minimum atomic E-state index is -1.07. The molecule has 1 N–H and O–H groups in total. The van der Waals surface area contributed by atoms with Gasteiger partial charge < -0.3 is 9.84 Å². The van der Waals surface area contributed by atoms with Gasteiger partial charge in [0.15, 0.2) is 0 Å². The van der Waals surface area contributed by atoms with Crippen LogP contribution in [0.25, 0.3) is 11.4 Å². The molecule has 0 spiro atoms. The number of carboxylic acids is 1. The molecule has 0 aliphatic heterocycles. The summed E-state index contributed by atoms with van der Waals surface area (Å²) in [4.78, 5) is 27.2. The molecule has 0 fully saturated rings. The Morgan fingerprint density at radius 3 is 2.81 bits per heavy atom. The molecular weight excluding hydrogens is 274 g/mol. The van der Waals surface area contributed by atoms with Crippen molar-refractivity contribution < 1.29 is 14.6 Å². The second-order valence-electron chi connectivity index (χ2n) is 4.36. The van der Waals surface area contributed by atoms with E-state index in [1.807, 2.05) is 0 Å². The first-order valence-corrected chi connectivity index (χ1v) is 6.35. The Kier molecular flexibility index (Phi) is 4.78. The predicted octanol–water partition coefficient (Wildman–Crippen LogP) is 0.579. The van der Waals surface area contributed by atoms with Crippen molar-refractivity contribution >= 4 is 5.97 Å². The summed E-state index contributed by atoms with van der Waals surface area (Å²) >= 11 is 0. The number of pyridine rings is 1. The van der Waals surface area contributed by atoms with Gasteiger partial charge in [-0.05, 0) is 18.2 Å². The molecule has 2 aromatic rings. The van der Waals surface area contributed by atoms with Crippen molar-refractivity contribution in [1.29, 1.82) is 0 Å². The lowest BCUT2D eigenvalue weighted by Crippen LogP contribution is -2.29. The van der Waals surface area contributed by atoms with E-state index < -0.39 is 11.5 Å². The van der Waals surface area contributed by atoms with Crippen molar-refractivity contribution in [1.82, 2.24) is 14.8 Å². The average Bonchev–Trinajstić information content (AvgIpc) is 2.48. The molecule has 0 unspecified atom stereocenters. The highest BCUT2D eigenvalue weighted by atomic mass is 16.5. The number of aliphatic carboxylic acids is 1. The second kappa shape index (κ2) is 6.76. The van der Waals surface area contributed by atoms with Crippen molar-refractivity contribution in [2.75, 3.05) is 13.7 Å². The molecule has 0 aromatic carbocycles. The van der Waals surface area contributed by atoms with Gasteiger partial charge in [0.1, 0.15) is 5.69 Å². The highest BCUT2D eigenvalue weighted by Crippen LogP contribution is 2.13. The molecule has 0 saturated heterocycles. The average molecular weight is 289 g/mol. The molecule has 0 bridgehead atoms. The smallest absolute Gasteiger partial charge is 0.308 e. The third kappa shape index (κ3) is 3.73. The van der Waals surface area contributed by atoms with E-state index in [2.05, 4.69) is 10.1 Å². The standard InChI is InChI=1S/C14H15N3O4/c1-21-7-6-17-14(20)10(9-13(18)19)8-12(16-17)11-4-2-3-5-15-11/h2-5,8H,6-7,9H2,1H3,(H,18,19). The maximum atomic E-state index is 12.2. The largest absolute Gasteiger partial charge is 0.481 e. The monoisotopic (exact) mass is 289 g/mol. The zero-order chi connectivity index (χ0) is 15.2. The van der Waals surface area contributed by atoms with Crippen LogP contribution in [-0.4, -0.2) is 39.6 Å². The number of hydrogen-bond donors (Lipinski definition) is 1. The summed E-state index contributed by atoms with van der Waals surface area (Å²) in [6.45, 7) is 0.563. The fourth-order valence-electron chi connectivity index (χ4n) is 1.86. The minimum absolute atomic E-state index is 0.175. The molecule has 2 rings (SSSR count). The Morgan fingerprint density at radius 2 is 2.19 bits per heavy atom. The molecule has 0 aliphatic rings. The van der Waals surface area contributed by atoms with E-state index in [0.29, 0.717) is 18.0 Å². The maximum Gasteiger partial charge on any atom is 0.308 e. The Morgan fingerprint density at radius 1 is 1.38 bits per heavy atom. The summed E-state index contributed by atoms with van der Waals surface area (Å²) in [5, 5.41) is 13.1. The Labute approximate surface area is 120 Å². The topological polar surface area (TPSA) is 94.3 Å². The summed E-state index contributed by atoms with van der Waals surface area (Å²) in [5.74, 6) is -1.07. The number of rotatable bonds is 6. The summed E-state index contributed by atoms with van der Waals surface area (Å²) in [6, 6.07) is 6.79. The number of aromatic nitrogens is 3. The number of carbonyl (C=O) groups is 1. The van der Waals surface area contributed by atoms with Crippen LogP contribution < -0.4 is 5.56 Å². The molecular formula is C14H15N3O4. The van der Waals surface area contributed by atoms with Crippen LogP contribution >= 0.6 is 0 Å². The Bertz CT molecular complexity index is 682. The van der Waals surface area contributed by atoms with Gasteiger partial charge in [0, 0.05) is 18.9 Å². The number of ether oxygens (including phenoxy) is 1. The lowest BCUT2D eigenvalue weighted by molar-refractivity contribution is -0.136. The van der Waals surface area contributed by atoms with Gasteiger partial charge >= 0.3 is 5.97 Å². The molecule has 110 valence electrons. The van der Waals surface area contributed by atoms with Crippen LogP contribution in [0.4, 0.5) is 0 Å². The summed E-state index contributed by atoms with van der Waals surface area (Å²) in [6.07, 6.45) is 1.26. The van der Waals surface area contributed by atoms with E-state index in [-0.39, 0.29) is 18.5 Å². The van der Waals surface area contributed by atoms with Gasteiger partial charge in [-0.25, -0.2) is 4.68 Å². The molecule has 7 heteroatoms. The number of methoxy groups -OCH3 is 1. The normalized spacial score (nSPS) is 10.5. The van der Waals surface area contributed by atoms with Gasteiger partial charge in [-0.3, -0.25) is 14.6 Å². The molecule has 7 nitrogen and oxygen atoms in total. The van der Waals surface area contributed by atoms with Crippen LogP contribution in [-0.2, 0) is 22.5 Å². The predicted molar refractivity (Wildman–Crippen MR) is 74.9 cm³/mol. The van der Waals surface area contributed by atoms with E-state index in [4.69, 9.17) is 9.84 Å². The molecule has 0 atom stereocenters. The first-order chi connectivity index (χ1) is 10.1. The van der Waals surface area contributed by atoms with Crippen LogP contribution in [0.1, 0.15) is 5.56 Å². The summed E-state index contributed by atoms with van der Waals surface area (Å²) in [5.41, 5.74) is 0.793. The molecule has 21 heavy (non-hydrogen) atoms. The molecule has 0 radical (unpaired) electrons. The molecule has 0 aliphatic carbocycles. The van der Waals surface area contributed by atoms with Crippen molar-refractivity contribution in [3.8, 4) is 11.4 Å². The van der Waals surface area contributed by atoms with E-state index >= 15 is 0 Å². The fraction of sp³-hybridized carbons (Fsp3) is 0.286. The zero-order valence-corrected chi connectivity index (χ0v) is 11.5. The van der Waals surface area contributed by atoms with Gasteiger partial charge in [-0.2, -0.15) is 5.10 Å². The molecule has 2 aromatic heterocycles. The van der Waals surface area contributed by atoms with Gasteiger partial charge in [-0.15, -0.1) is 0 Å². The van der Waals surface area contributed by atoms with Gasteiger partial charge in [0.05, 0.1) is 25.3 Å². The van der Waals surface area contributed by atoms with Gasteiger partial charge in [0.2, 0.25) is 0 Å². The van der Waals surface area contributed by atoms with E-state index in [1.54, 1.807) is 24.4 Å². The molecule has 0 amide bonds. The third-order valence-corrected chi connectivity index (χ3v) is 2.82. The quantitative estimate of drug-likeness (QED) is 0.836. The number of nitrogens with zero attached hydrogens (tertiary/aromatic N) is 3. The lowest BCUT2D eigenvalue weighted by Gasteiger charge is -2.09. The minimum Gasteiger partial charge on any atom is -0.481 e. The second-order valence-corrected chi connectivity index (χ2v) is 4.36. The highest BCUT2D eigenvalue weighted by molar-refractivity contribution is 5.70. The van der Waals surface area contributed by atoms with Crippen LogP contribution in [0.15, 0.2) is 35.3 Å². The third-order valence-electron chi connectivity index (χ3n) is 2.82. The van der Waals surface area contributed by atoms with Crippen LogP contribution in [0.3, 0.4) is 0 Å². The molecule has 2 heterocycles. The van der Waals surface area contributed by atoms with Crippen LogP contribution in [0.2, 0.25) is 0 Å². The van der Waals surface area contributed by atoms with Crippen LogP contribution in [0.5, 0.6) is 0 Å². The van der Waals surface area contributed by atoms with Crippen molar-refractivity contribution in [3.05, 3.63) is 46.4 Å². The lowest BCUT2D eigenvalue weighted by atomic mass is 10.1. The Hall–Kier alpha value is -2.54. The highest BCUT2D eigenvalue weighted by Gasteiger charge is 2.13. The number of carboxylic acid groups (broad SMARTS) is 1. The first kappa shape index (κ1) is 14.9. The summed E-state index contributed by atoms with van der Waals surface area (Å²) in [7, 11) is 1.52. The summed E-state index contributed by atoms with van der Waals surface area (Å²) < 4.78 is 6.15. The molecule has 0 saturated carbocycles. The van der Waals surface area contributed by atoms with E-state index in [9.17, 15) is 9.59 Å². The van der Waals surface area contributed by atoms with Gasteiger partial charge in [-0.1, -0.05) is 6.07 Å². The van der Waals surface area contributed by atoms with E-state index in [1.165, 1.54) is 17.9 Å². The fourth-order valence-corrected chi connectivity index (χ4v) is 1.86. The van der Waals surface area contributed by atoms with Gasteiger partial charge in [0.25, 0.3) is 5.56 Å². The van der Waals surface area contributed by atoms with Crippen molar-refractivity contribution in [3.63, 3.8) is 0 Å². The van der Waals surface area contributed by atoms with Crippen molar-refractivity contribution in [2.24, 2.45) is 0 Å². The van der Waals surface area contributed by atoms with Crippen LogP contribution in [0, 0.1) is 0 Å². The van der Waals surface area contributed by atoms with E-state index in [0.717, 1.165) is 0 Å². The maximum absolute atomic E-state index is 12.2.